The van der Waals surface area contributed by atoms with Gasteiger partial charge in [-0.2, -0.15) is 0 Å². The van der Waals surface area contributed by atoms with Gasteiger partial charge >= 0.3 is 5.97 Å². The number of quaternary nitrogens is 1. The monoisotopic (exact) mass is 1010 g/mol. The molecule has 0 saturated carbocycles. The first-order chi connectivity index (χ1) is 34.4. The number of hydrogen-bond donors (Lipinski definition) is 1. The molecular formula is C61H105N2O7P. The average Bonchev–Trinajstić information content (AvgIpc) is 3.33. The minimum atomic E-state index is -4.72. The van der Waals surface area contributed by atoms with E-state index >= 15 is 0 Å². The molecule has 0 aliphatic heterocycles. The number of amides is 1. The fraction of sp³-hybridized carbons (Fsp3) is 0.672. The third-order valence-electron chi connectivity index (χ3n) is 11.7. The van der Waals surface area contributed by atoms with Gasteiger partial charge in [0, 0.05) is 12.8 Å². The molecule has 0 aromatic heterocycles. The maximum atomic E-state index is 13.4. The number of unbranched alkanes of at least 4 members (excludes halogenated alkanes) is 17. The highest BCUT2D eigenvalue weighted by atomic mass is 31.2. The van der Waals surface area contributed by atoms with Gasteiger partial charge in [-0.3, -0.25) is 14.2 Å². The molecule has 0 rings (SSSR count). The van der Waals surface area contributed by atoms with E-state index < -0.39 is 32.5 Å². The zero-order valence-corrected chi connectivity index (χ0v) is 47.0. The Labute approximate surface area is 436 Å². The Morgan fingerprint density at radius 1 is 0.507 bits per heavy atom. The van der Waals surface area contributed by atoms with Crippen molar-refractivity contribution in [3.05, 3.63) is 109 Å². The second kappa shape index (κ2) is 50.2. The van der Waals surface area contributed by atoms with E-state index in [4.69, 9.17) is 13.8 Å². The Balaban J connectivity index is 5.45. The molecule has 0 radical (unpaired) electrons. The lowest BCUT2D eigenvalue weighted by atomic mass is 10.1. The van der Waals surface area contributed by atoms with Crippen molar-refractivity contribution in [1.29, 1.82) is 0 Å². The molecule has 406 valence electrons. The van der Waals surface area contributed by atoms with Crippen molar-refractivity contribution in [2.75, 3.05) is 40.9 Å². The van der Waals surface area contributed by atoms with E-state index in [1.165, 1.54) is 83.5 Å². The highest BCUT2D eigenvalue weighted by Gasteiger charge is 2.27. The highest BCUT2D eigenvalue weighted by molar-refractivity contribution is 7.45. The Kier molecular flexibility index (Phi) is 47.9. The Bertz CT molecular complexity index is 1580. The van der Waals surface area contributed by atoms with E-state index in [9.17, 15) is 19.0 Å². The number of likely N-dealkylation sites (N-methyl/N-ethyl adjacent to an activating group) is 1. The SMILES string of the molecule is CC/C=C\C/C=C\C/C=C\C/C=C\C/C=C\C/C=C\CCCCC(=O)OC(/C=C\CCCCCCCCCCC)C(COP(=O)([O-])OCC[N+](C)(C)C)NC(=O)CC/C=C/C/C=C\CCCCCCCC. The van der Waals surface area contributed by atoms with Crippen LogP contribution in [-0.2, 0) is 27.9 Å². The van der Waals surface area contributed by atoms with Gasteiger partial charge in [-0.1, -0.05) is 208 Å². The summed E-state index contributed by atoms with van der Waals surface area (Å²) in [4.78, 5) is 39.7. The molecule has 0 aromatic rings. The molecule has 10 heteroatoms. The van der Waals surface area contributed by atoms with Crippen LogP contribution in [0.15, 0.2) is 109 Å². The van der Waals surface area contributed by atoms with Crippen LogP contribution < -0.4 is 10.2 Å². The standard InChI is InChI=1S/C61H105N2O7P/c1-7-10-13-16-19-22-25-27-28-29-30-31-32-33-34-36-39-42-45-48-51-54-61(65)70-59(52-49-46-43-40-37-24-21-18-15-12-9-3)58(57-69-71(66,67)68-56-55-63(4,5)6)62-60(64)53-50-47-44-41-38-35-26-23-20-17-14-11-8-2/h10,13,19,22,27-28,30-31,33-35,38-39,42,44,47,49,52,58-59H,7-9,11-12,14-18,20-21,23-26,29,32,36-37,40-41,43,45-46,48,50-51,53-57H2,1-6H3,(H-,62,64,66,67)/b13-10-,22-19-,28-27-,31-30-,34-33-,38-35-,42-39-,47-44+,52-49-. The molecule has 0 heterocycles. The number of carbonyl (C=O) groups excluding carboxylic acids is 2. The summed E-state index contributed by atoms with van der Waals surface area (Å²) in [5.41, 5.74) is 0. The van der Waals surface area contributed by atoms with Crippen molar-refractivity contribution in [2.45, 2.75) is 226 Å². The number of rotatable bonds is 49. The third kappa shape index (κ3) is 51.4. The van der Waals surface area contributed by atoms with Gasteiger partial charge in [-0.05, 0) is 102 Å². The molecular weight excluding hydrogens is 904 g/mol. The first kappa shape index (κ1) is 67.7. The van der Waals surface area contributed by atoms with E-state index in [-0.39, 0.29) is 25.4 Å². The van der Waals surface area contributed by atoms with Crippen LogP contribution in [0, 0.1) is 0 Å². The van der Waals surface area contributed by atoms with Gasteiger partial charge < -0.3 is 28.5 Å². The first-order valence-electron chi connectivity index (χ1n) is 28.2. The molecule has 0 fully saturated rings. The minimum Gasteiger partial charge on any atom is -0.756 e. The summed E-state index contributed by atoms with van der Waals surface area (Å²) in [6.07, 6.45) is 67.9. The van der Waals surface area contributed by atoms with Crippen LogP contribution in [0.5, 0.6) is 0 Å². The molecule has 3 unspecified atom stereocenters. The van der Waals surface area contributed by atoms with Crippen LogP contribution in [0.4, 0.5) is 0 Å². The number of allylic oxidation sites excluding steroid dienone is 17. The molecule has 71 heavy (non-hydrogen) atoms. The van der Waals surface area contributed by atoms with E-state index in [1.807, 2.05) is 33.3 Å². The average molecular weight is 1010 g/mol. The molecule has 9 nitrogen and oxygen atoms in total. The van der Waals surface area contributed by atoms with Crippen molar-refractivity contribution >= 4 is 19.7 Å². The maximum absolute atomic E-state index is 13.4. The lowest BCUT2D eigenvalue weighted by Gasteiger charge is -2.30. The van der Waals surface area contributed by atoms with Gasteiger partial charge in [0.2, 0.25) is 5.91 Å². The highest BCUT2D eigenvalue weighted by Crippen LogP contribution is 2.38. The molecule has 0 aliphatic rings. The normalized spacial score (nSPS) is 14.6. The lowest BCUT2D eigenvalue weighted by molar-refractivity contribution is -0.870. The number of nitrogens with one attached hydrogen (secondary N) is 1. The molecule has 0 bridgehead atoms. The quantitative estimate of drug-likeness (QED) is 0.0212. The van der Waals surface area contributed by atoms with Crippen molar-refractivity contribution in [3.8, 4) is 0 Å². The number of carbonyl (C=O) groups is 2. The summed E-state index contributed by atoms with van der Waals surface area (Å²) in [6.45, 7) is 6.61. The molecule has 3 atom stereocenters. The number of nitrogens with zero attached hydrogens (tertiary/aromatic N) is 1. The molecule has 0 spiro atoms. The number of phosphoric ester groups is 1. The van der Waals surface area contributed by atoms with E-state index in [2.05, 4.69) is 117 Å². The topological polar surface area (TPSA) is 114 Å². The van der Waals surface area contributed by atoms with Gasteiger partial charge in [-0.25, -0.2) is 0 Å². The summed E-state index contributed by atoms with van der Waals surface area (Å²) in [6, 6.07) is -0.942. The van der Waals surface area contributed by atoms with Crippen LogP contribution in [0.1, 0.15) is 213 Å². The van der Waals surface area contributed by atoms with Crippen LogP contribution in [-0.4, -0.2) is 69.4 Å². The predicted octanol–water partition coefficient (Wildman–Crippen LogP) is 16.4. The van der Waals surface area contributed by atoms with Crippen LogP contribution in [0.2, 0.25) is 0 Å². The predicted molar refractivity (Wildman–Crippen MR) is 302 cm³/mol. The molecule has 0 saturated heterocycles. The Morgan fingerprint density at radius 2 is 0.915 bits per heavy atom. The van der Waals surface area contributed by atoms with Crippen LogP contribution in [0.3, 0.4) is 0 Å². The smallest absolute Gasteiger partial charge is 0.306 e. The summed E-state index contributed by atoms with van der Waals surface area (Å²) in [5.74, 6) is -0.681. The number of ether oxygens (including phenoxy) is 1. The fourth-order valence-electron chi connectivity index (χ4n) is 7.34. The molecule has 1 amide bonds. The second-order valence-electron chi connectivity index (χ2n) is 19.7. The third-order valence-corrected chi connectivity index (χ3v) is 12.7. The Hall–Kier alpha value is -3.33. The zero-order chi connectivity index (χ0) is 52.2. The number of esters is 1. The van der Waals surface area contributed by atoms with Gasteiger partial charge in [0.1, 0.15) is 19.3 Å². The lowest BCUT2D eigenvalue weighted by Crippen LogP contribution is -2.47. The van der Waals surface area contributed by atoms with E-state index in [1.54, 1.807) is 6.08 Å². The second-order valence-corrected chi connectivity index (χ2v) is 21.1. The van der Waals surface area contributed by atoms with Crippen molar-refractivity contribution in [1.82, 2.24) is 5.32 Å². The van der Waals surface area contributed by atoms with Crippen molar-refractivity contribution < 1.29 is 37.3 Å². The van der Waals surface area contributed by atoms with E-state index in [0.717, 1.165) is 83.5 Å². The largest absolute Gasteiger partial charge is 0.756 e. The van der Waals surface area contributed by atoms with Crippen molar-refractivity contribution in [3.63, 3.8) is 0 Å². The van der Waals surface area contributed by atoms with Gasteiger partial charge in [0.25, 0.3) is 7.82 Å². The number of hydrogen-bond acceptors (Lipinski definition) is 7. The van der Waals surface area contributed by atoms with Crippen LogP contribution in [0.25, 0.3) is 0 Å². The summed E-state index contributed by atoms with van der Waals surface area (Å²) < 4.78 is 30.1. The summed E-state index contributed by atoms with van der Waals surface area (Å²) in [5, 5.41) is 2.96. The zero-order valence-electron chi connectivity index (χ0n) is 46.1. The van der Waals surface area contributed by atoms with Gasteiger partial charge in [0.15, 0.2) is 0 Å². The van der Waals surface area contributed by atoms with E-state index in [0.29, 0.717) is 23.9 Å². The molecule has 1 N–H and O–H groups in total. The first-order valence-corrected chi connectivity index (χ1v) is 29.7. The fourth-order valence-corrected chi connectivity index (χ4v) is 8.06. The Morgan fingerprint density at radius 3 is 1.38 bits per heavy atom. The summed E-state index contributed by atoms with van der Waals surface area (Å²) >= 11 is 0. The molecule has 0 aliphatic carbocycles. The van der Waals surface area contributed by atoms with Crippen molar-refractivity contribution in [2.24, 2.45) is 0 Å². The summed E-state index contributed by atoms with van der Waals surface area (Å²) in [7, 11) is 1.11. The van der Waals surface area contributed by atoms with Crippen LogP contribution >= 0.6 is 7.82 Å². The number of phosphoric acid groups is 1. The molecule has 0 aromatic carbocycles. The maximum Gasteiger partial charge on any atom is 0.306 e. The van der Waals surface area contributed by atoms with Gasteiger partial charge in [0.05, 0.1) is 33.8 Å². The van der Waals surface area contributed by atoms with Gasteiger partial charge in [-0.15, -0.1) is 0 Å². The minimum absolute atomic E-state index is 0.0441.